The lowest BCUT2D eigenvalue weighted by Crippen LogP contribution is -2.13. The molecule has 0 atom stereocenters. The molecule has 116 valence electrons. The van der Waals surface area contributed by atoms with E-state index in [-0.39, 0.29) is 5.91 Å². The van der Waals surface area contributed by atoms with Crippen molar-refractivity contribution in [3.63, 3.8) is 0 Å². The van der Waals surface area contributed by atoms with E-state index in [0.29, 0.717) is 16.4 Å². The van der Waals surface area contributed by atoms with Crippen LogP contribution < -0.4 is 5.32 Å². The highest BCUT2D eigenvalue weighted by Crippen LogP contribution is 2.20. The number of unbranched alkanes of at least 4 members (excludes halogenated alkanes) is 2. The monoisotopic (exact) mass is 316 g/mol. The molecule has 0 aliphatic heterocycles. The Bertz CT molecular complexity index is 638. The SMILES string of the molecule is CCCCCc1ccc(C(=O)Nc2ccc(C)c(Cl)c2)nc1. The van der Waals surface area contributed by atoms with E-state index in [4.69, 9.17) is 11.6 Å². The van der Waals surface area contributed by atoms with Crippen molar-refractivity contribution in [2.45, 2.75) is 39.5 Å². The highest BCUT2D eigenvalue weighted by molar-refractivity contribution is 6.31. The van der Waals surface area contributed by atoms with Crippen molar-refractivity contribution in [1.29, 1.82) is 0 Å². The maximum absolute atomic E-state index is 12.2. The lowest BCUT2D eigenvalue weighted by molar-refractivity contribution is 0.102. The van der Waals surface area contributed by atoms with E-state index in [1.807, 2.05) is 25.1 Å². The van der Waals surface area contributed by atoms with Gasteiger partial charge in [-0.25, -0.2) is 0 Å². The van der Waals surface area contributed by atoms with Gasteiger partial charge < -0.3 is 5.32 Å². The number of anilines is 1. The fraction of sp³-hybridized carbons (Fsp3) is 0.333. The van der Waals surface area contributed by atoms with Crippen LogP contribution in [0.15, 0.2) is 36.5 Å². The van der Waals surface area contributed by atoms with Crippen molar-refractivity contribution in [3.05, 3.63) is 58.4 Å². The molecule has 0 spiro atoms. The molecular weight excluding hydrogens is 296 g/mol. The van der Waals surface area contributed by atoms with Crippen LogP contribution in [-0.4, -0.2) is 10.9 Å². The van der Waals surface area contributed by atoms with Crippen molar-refractivity contribution >= 4 is 23.2 Å². The van der Waals surface area contributed by atoms with E-state index in [2.05, 4.69) is 17.2 Å². The van der Waals surface area contributed by atoms with Crippen molar-refractivity contribution in [2.24, 2.45) is 0 Å². The topological polar surface area (TPSA) is 42.0 Å². The Balaban J connectivity index is 1.98. The van der Waals surface area contributed by atoms with E-state index >= 15 is 0 Å². The van der Waals surface area contributed by atoms with Gasteiger partial charge in [0, 0.05) is 16.9 Å². The Morgan fingerprint density at radius 1 is 1.23 bits per heavy atom. The summed E-state index contributed by atoms with van der Waals surface area (Å²) < 4.78 is 0. The van der Waals surface area contributed by atoms with E-state index in [9.17, 15) is 4.79 Å². The summed E-state index contributed by atoms with van der Waals surface area (Å²) in [7, 11) is 0. The number of hydrogen-bond donors (Lipinski definition) is 1. The van der Waals surface area contributed by atoms with Gasteiger partial charge in [0.2, 0.25) is 0 Å². The van der Waals surface area contributed by atoms with Gasteiger partial charge in [0.05, 0.1) is 0 Å². The molecule has 0 unspecified atom stereocenters. The van der Waals surface area contributed by atoms with Crippen LogP contribution >= 0.6 is 11.6 Å². The summed E-state index contributed by atoms with van der Waals surface area (Å²) in [5.74, 6) is -0.222. The van der Waals surface area contributed by atoms with Gasteiger partial charge in [-0.1, -0.05) is 43.5 Å². The molecule has 22 heavy (non-hydrogen) atoms. The molecule has 2 aromatic rings. The van der Waals surface area contributed by atoms with Crippen LogP contribution in [0.2, 0.25) is 5.02 Å². The summed E-state index contributed by atoms with van der Waals surface area (Å²) in [6.07, 6.45) is 6.37. The van der Waals surface area contributed by atoms with Crippen molar-refractivity contribution < 1.29 is 4.79 Å². The molecule has 1 amide bonds. The van der Waals surface area contributed by atoms with Gasteiger partial charge in [0.1, 0.15) is 5.69 Å². The number of hydrogen-bond acceptors (Lipinski definition) is 2. The maximum atomic E-state index is 12.2. The summed E-state index contributed by atoms with van der Waals surface area (Å²) in [5, 5.41) is 3.45. The minimum Gasteiger partial charge on any atom is -0.321 e. The van der Waals surface area contributed by atoms with Gasteiger partial charge in [-0.05, 0) is 49.1 Å². The maximum Gasteiger partial charge on any atom is 0.274 e. The van der Waals surface area contributed by atoms with Gasteiger partial charge in [-0.2, -0.15) is 0 Å². The van der Waals surface area contributed by atoms with Gasteiger partial charge >= 0.3 is 0 Å². The van der Waals surface area contributed by atoms with Gasteiger partial charge in [-0.15, -0.1) is 0 Å². The fourth-order valence-corrected chi connectivity index (χ4v) is 2.33. The average molecular weight is 317 g/mol. The molecule has 4 heteroatoms. The molecule has 0 aliphatic rings. The molecule has 0 saturated carbocycles. The van der Waals surface area contributed by atoms with Crippen molar-refractivity contribution in [3.8, 4) is 0 Å². The van der Waals surface area contributed by atoms with Crippen molar-refractivity contribution in [2.75, 3.05) is 5.32 Å². The number of aryl methyl sites for hydroxylation is 2. The van der Waals surface area contributed by atoms with Gasteiger partial charge in [-0.3, -0.25) is 9.78 Å². The molecule has 1 heterocycles. The zero-order chi connectivity index (χ0) is 15.9. The molecule has 0 aliphatic carbocycles. The lowest BCUT2D eigenvalue weighted by atomic mass is 10.1. The first-order valence-corrected chi connectivity index (χ1v) is 8.00. The number of benzene rings is 1. The van der Waals surface area contributed by atoms with Crippen LogP contribution in [-0.2, 0) is 6.42 Å². The first-order chi connectivity index (χ1) is 10.6. The summed E-state index contributed by atoms with van der Waals surface area (Å²) in [6, 6.07) is 9.19. The van der Waals surface area contributed by atoms with Crippen LogP contribution in [0.5, 0.6) is 0 Å². The summed E-state index contributed by atoms with van der Waals surface area (Å²) in [4.78, 5) is 16.4. The number of aromatic nitrogens is 1. The molecule has 3 nitrogen and oxygen atoms in total. The number of halogens is 1. The molecular formula is C18H21ClN2O. The quantitative estimate of drug-likeness (QED) is 0.759. The third-order valence-corrected chi connectivity index (χ3v) is 3.96. The summed E-state index contributed by atoms with van der Waals surface area (Å²) in [5.41, 5.74) is 3.24. The molecule has 0 radical (unpaired) electrons. The van der Waals surface area contributed by atoms with Crippen LogP contribution in [0.3, 0.4) is 0 Å². The van der Waals surface area contributed by atoms with E-state index < -0.39 is 0 Å². The zero-order valence-corrected chi connectivity index (χ0v) is 13.8. The molecule has 1 aromatic carbocycles. The predicted molar refractivity (Wildman–Crippen MR) is 91.6 cm³/mol. The highest BCUT2D eigenvalue weighted by Gasteiger charge is 2.08. The smallest absolute Gasteiger partial charge is 0.274 e. The Morgan fingerprint density at radius 2 is 2.05 bits per heavy atom. The van der Waals surface area contributed by atoms with Gasteiger partial charge in [0.25, 0.3) is 5.91 Å². The first kappa shape index (κ1) is 16.5. The first-order valence-electron chi connectivity index (χ1n) is 7.62. The average Bonchev–Trinajstić information content (AvgIpc) is 2.52. The standard InChI is InChI=1S/C18H21ClN2O/c1-3-4-5-6-14-8-10-17(20-12-14)18(22)21-15-9-7-13(2)16(19)11-15/h7-12H,3-6H2,1-2H3,(H,21,22). The Morgan fingerprint density at radius 3 is 2.68 bits per heavy atom. The molecule has 0 fully saturated rings. The van der Waals surface area contributed by atoms with Crippen LogP contribution in [0, 0.1) is 6.92 Å². The number of rotatable bonds is 6. The highest BCUT2D eigenvalue weighted by atomic mass is 35.5. The summed E-state index contributed by atoms with van der Waals surface area (Å²) in [6.45, 7) is 4.11. The minimum absolute atomic E-state index is 0.222. The second-order valence-corrected chi connectivity index (χ2v) is 5.83. The zero-order valence-electron chi connectivity index (χ0n) is 13.0. The number of pyridine rings is 1. The normalized spacial score (nSPS) is 10.5. The Labute approximate surface area is 136 Å². The Kier molecular flexibility index (Phi) is 5.96. The van der Waals surface area contributed by atoms with Crippen LogP contribution in [0.4, 0.5) is 5.69 Å². The molecule has 1 N–H and O–H groups in total. The second-order valence-electron chi connectivity index (χ2n) is 5.43. The second kappa shape index (κ2) is 7.95. The van der Waals surface area contributed by atoms with Crippen LogP contribution in [0.25, 0.3) is 0 Å². The lowest BCUT2D eigenvalue weighted by Gasteiger charge is -2.07. The van der Waals surface area contributed by atoms with Crippen molar-refractivity contribution in [1.82, 2.24) is 4.98 Å². The summed E-state index contributed by atoms with van der Waals surface area (Å²) >= 11 is 6.06. The van der Waals surface area contributed by atoms with E-state index in [0.717, 1.165) is 18.4 Å². The predicted octanol–water partition coefficient (Wildman–Crippen LogP) is 5.03. The number of nitrogens with zero attached hydrogens (tertiary/aromatic N) is 1. The van der Waals surface area contributed by atoms with E-state index in [1.54, 1.807) is 18.3 Å². The minimum atomic E-state index is -0.222. The number of carbonyl (C=O) groups is 1. The largest absolute Gasteiger partial charge is 0.321 e. The molecule has 2 rings (SSSR count). The molecule has 0 saturated heterocycles. The molecule has 0 bridgehead atoms. The van der Waals surface area contributed by atoms with E-state index in [1.165, 1.54) is 18.4 Å². The Hall–Kier alpha value is -1.87. The van der Waals surface area contributed by atoms with Crippen LogP contribution in [0.1, 0.15) is 47.8 Å². The third kappa shape index (κ3) is 4.57. The number of carbonyl (C=O) groups excluding carboxylic acids is 1. The third-order valence-electron chi connectivity index (χ3n) is 3.56. The van der Waals surface area contributed by atoms with Gasteiger partial charge in [0.15, 0.2) is 0 Å². The molecule has 1 aromatic heterocycles. The number of amides is 1. The fourth-order valence-electron chi connectivity index (χ4n) is 2.15. The number of nitrogens with one attached hydrogen (secondary N) is 1.